The van der Waals surface area contributed by atoms with E-state index in [1.54, 1.807) is 54.9 Å². The molecule has 5 rings (SSSR count). The molecule has 0 aliphatic heterocycles. The Labute approximate surface area is 229 Å². The minimum Gasteiger partial charge on any atom is -0.495 e. The van der Waals surface area contributed by atoms with Gasteiger partial charge in [0, 0.05) is 79.1 Å². The van der Waals surface area contributed by atoms with E-state index in [9.17, 15) is 9.59 Å². The van der Waals surface area contributed by atoms with Gasteiger partial charge in [-0.2, -0.15) is 5.10 Å². The Kier molecular flexibility index (Phi) is 7.49. The number of methoxy groups -OCH3 is 2. The van der Waals surface area contributed by atoms with Crippen LogP contribution in [0.5, 0.6) is 5.75 Å². The van der Waals surface area contributed by atoms with Crippen LogP contribution in [0.15, 0.2) is 78.4 Å². The van der Waals surface area contributed by atoms with Crippen LogP contribution < -0.4 is 15.6 Å². The van der Waals surface area contributed by atoms with Crippen LogP contribution in [0, 0.1) is 0 Å². The van der Waals surface area contributed by atoms with Gasteiger partial charge in [-0.25, -0.2) is 4.98 Å². The molecule has 10 nitrogen and oxygen atoms in total. The van der Waals surface area contributed by atoms with Gasteiger partial charge in [0.05, 0.1) is 30.8 Å². The highest BCUT2D eigenvalue weighted by atomic mass is 35.5. The van der Waals surface area contributed by atoms with Gasteiger partial charge in [0.25, 0.3) is 5.56 Å². The Morgan fingerprint density at radius 2 is 1.95 bits per heavy atom. The molecule has 1 N–H and O–H groups in total. The van der Waals surface area contributed by atoms with Crippen molar-refractivity contribution in [2.75, 3.05) is 26.1 Å². The van der Waals surface area contributed by atoms with Crippen molar-refractivity contribution in [2.24, 2.45) is 7.05 Å². The third-order valence-corrected chi connectivity index (χ3v) is 6.65. The molecule has 0 aliphatic rings. The summed E-state index contributed by atoms with van der Waals surface area (Å²) >= 11 is 6.34. The predicted octanol–water partition coefficient (Wildman–Crippen LogP) is 4.47. The SMILES string of the molecule is COCCC(C(=O)Nc1ccc2nn(C)cc2c1)n1cc(OC)c(-c2cc(Cl)ccc2-n2ccnc2)cc1=O. The van der Waals surface area contributed by atoms with Crippen LogP contribution in [0.3, 0.4) is 0 Å². The second-order valence-electron chi connectivity index (χ2n) is 9.00. The number of nitrogens with one attached hydrogen (secondary N) is 1. The largest absolute Gasteiger partial charge is 0.495 e. The third kappa shape index (κ3) is 5.43. The van der Waals surface area contributed by atoms with Gasteiger partial charge in [0.1, 0.15) is 11.8 Å². The number of rotatable bonds is 9. The zero-order valence-electron chi connectivity index (χ0n) is 21.7. The monoisotopic (exact) mass is 546 g/mol. The van der Waals surface area contributed by atoms with Crippen LogP contribution in [-0.4, -0.2) is 50.6 Å². The molecule has 1 atom stereocenters. The van der Waals surface area contributed by atoms with Gasteiger partial charge < -0.3 is 19.4 Å². The summed E-state index contributed by atoms with van der Waals surface area (Å²) in [6, 6.07) is 11.4. The molecule has 39 heavy (non-hydrogen) atoms. The van der Waals surface area contributed by atoms with Crippen LogP contribution in [-0.2, 0) is 16.6 Å². The molecule has 0 aliphatic carbocycles. The molecule has 200 valence electrons. The van der Waals surface area contributed by atoms with Gasteiger partial charge in [0.15, 0.2) is 0 Å². The summed E-state index contributed by atoms with van der Waals surface area (Å²) in [4.78, 5) is 31.2. The minimum atomic E-state index is -0.850. The second-order valence-corrected chi connectivity index (χ2v) is 9.43. The lowest BCUT2D eigenvalue weighted by Gasteiger charge is -2.22. The Morgan fingerprint density at radius 1 is 1.10 bits per heavy atom. The molecule has 0 spiro atoms. The van der Waals surface area contributed by atoms with E-state index in [-0.39, 0.29) is 24.5 Å². The van der Waals surface area contributed by atoms with Crippen molar-refractivity contribution in [1.82, 2.24) is 23.9 Å². The van der Waals surface area contributed by atoms with E-state index in [4.69, 9.17) is 21.1 Å². The van der Waals surface area contributed by atoms with E-state index < -0.39 is 6.04 Å². The number of hydrogen-bond donors (Lipinski definition) is 1. The van der Waals surface area contributed by atoms with Crippen molar-refractivity contribution in [3.63, 3.8) is 0 Å². The van der Waals surface area contributed by atoms with E-state index in [2.05, 4.69) is 15.4 Å². The van der Waals surface area contributed by atoms with E-state index >= 15 is 0 Å². The van der Waals surface area contributed by atoms with Crippen molar-refractivity contribution in [2.45, 2.75) is 12.5 Å². The Bertz CT molecular complexity index is 1690. The third-order valence-electron chi connectivity index (χ3n) is 6.42. The summed E-state index contributed by atoms with van der Waals surface area (Å²) in [6.07, 6.45) is 8.83. The molecule has 1 unspecified atom stereocenters. The van der Waals surface area contributed by atoms with Crippen molar-refractivity contribution in [3.05, 3.63) is 89.0 Å². The maximum absolute atomic E-state index is 13.5. The molecule has 0 radical (unpaired) electrons. The van der Waals surface area contributed by atoms with Gasteiger partial charge in [-0.05, 0) is 36.4 Å². The number of halogens is 1. The average Bonchev–Trinajstić information content (AvgIpc) is 3.58. The average molecular weight is 547 g/mol. The molecule has 11 heteroatoms. The fourth-order valence-electron chi connectivity index (χ4n) is 4.57. The normalized spacial score (nSPS) is 12.0. The first-order valence-electron chi connectivity index (χ1n) is 12.2. The first-order valence-corrected chi connectivity index (χ1v) is 12.6. The van der Waals surface area contributed by atoms with Crippen molar-refractivity contribution >= 4 is 34.1 Å². The zero-order chi connectivity index (χ0) is 27.5. The smallest absolute Gasteiger partial charge is 0.252 e. The molecule has 3 aromatic heterocycles. The molecule has 5 aromatic rings. The molecule has 0 saturated carbocycles. The number of amides is 1. The van der Waals surface area contributed by atoms with Crippen molar-refractivity contribution < 1.29 is 14.3 Å². The fourth-order valence-corrected chi connectivity index (χ4v) is 4.75. The van der Waals surface area contributed by atoms with Gasteiger partial charge >= 0.3 is 0 Å². The van der Waals surface area contributed by atoms with Crippen LogP contribution in [0.4, 0.5) is 5.69 Å². The van der Waals surface area contributed by atoms with Gasteiger partial charge in [-0.15, -0.1) is 0 Å². The van der Waals surface area contributed by atoms with Crippen LogP contribution >= 0.6 is 11.6 Å². The summed E-state index contributed by atoms with van der Waals surface area (Å²) in [5, 5.41) is 8.69. The summed E-state index contributed by atoms with van der Waals surface area (Å²) in [5.41, 5.74) is 3.04. The first kappa shape index (κ1) is 26.2. The maximum atomic E-state index is 13.5. The van der Waals surface area contributed by atoms with Crippen LogP contribution in [0.2, 0.25) is 5.02 Å². The molecular formula is C28H27ClN6O4. The molecule has 0 saturated heterocycles. The number of hydrogen-bond acceptors (Lipinski definition) is 6. The Morgan fingerprint density at radius 3 is 2.69 bits per heavy atom. The van der Waals surface area contributed by atoms with Crippen LogP contribution in [0.1, 0.15) is 12.5 Å². The van der Waals surface area contributed by atoms with Gasteiger partial charge in [0.2, 0.25) is 5.91 Å². The Balaban J connectivity index is 1.54. The lowest BCUT2D eigenvalue weighted by Crippen LogP contribution is -2.34. The minimum absolute atomic E-state index is 0.273. The van der Waals surface area contributed by atoms with E-state index in [0.717, 1.165) is 16.6 Å². The number of aromatic nitrogens is 5. The number of fused-ring (bicyclic) bond motifs is 1. The first-order chi connectivity index (χ1) is 18.9. The number of aryl methyl sites for hydroxylation is 1. The highest BCUT2D eigenvalue weighted by molar-refractivity contribution is 6.31. The van der Waals surface area contributed by atoms with E-state index in [0.29, 0.717) is 27.6 Å². The van der Waals surface area contributed by atoms with Crippen molar-refractivity contribution in [3.8, 4) is 22.6 Å². The number of benzene rings is 2. The summed E-state index contributed by atoms with van der Waals surface area (Å²) in [5.74, 6) is 0.0549. The molecule has 3 heterocycles. The van der Waals surface area contributed by atoms with E-state index in [1.807, 2.05) is 36.0 Å². The highest BCUT2D eigenvalue weighted by Gasteiger charge is 2.24. The quantitative estimate of drug-likeness (QED) is 0.292. The van der Waals surface area contributed by atoms with Crippen LogP contribution in [0.25, 0.3) is 27.7 Å². The zero-order valence-corrected chi connectivity index (χ0v) is 22.4. The number of anilines is 1. The highest BCUT2D eigenvalue weighted by Crippen LogP contribution is 2.35. The number of pyridine rings is 1. The maximum Gasteiger partial charge on any atom is 0.252 e. The molecular weight excluding hydrogens is 520 g/mol. The second kappa shape index (κ2) is 11.1. The Hall–Kier alpha value is -4.41. The molecule has 2 aromatic carbocycles. The predicted molar refractivity (Wildman–Crippen MR) is 150 cm³/mol. The topological polar surface area (TPSA) is 105 Å². The summed E-state index contributed by atoms with van der Waals surface area (Å²) < 4.78 is 15.9. The molecule has 0 fully saturated rings. The molecule has 1 amide bonds. The summed E-state index contributed by atoms with van der Waals surface area (Å²) in [7, 11) is 4.90. The molecule has 0 bridgehead atoms. The number of nitrogens with zero attached hydrogens (tertiary/aromatic N) is 5. The fraction of sp³-hybridized carbons (Fsp3) is 0.214. The van der Waals surface area contributed by atoms with Gasteiger partial charge in [-0.1, -0.05) is 11.6 Å². The van der Waals surface area contributed by atoms with Gasteiger partial charge in [-0.3, -0.25) is 18.8 Å². The van der Waals surface area contributed by atoms with Crippen molar-refractivity contribution in [1.29, 1.82) is 0 Å². The number of imidazole rings is 1. The summed E-state index contributed by atoms with van der Waals surface area (Å²) in [6.45, 7) is 0.273. The number of carbonyl (C=O) groups is 1. The van der Waals surface area contributed by atoms with E-state index in [1.165, 1.54) is 17.7 Å². The number of ether oxygens (including phenoxy) is 2. The lowest BCUT2D eigenvalue weighted by atomic mass is 10.0. The lowest BCUT2D eigenvalue weighted by molar-refractivity contribution is -0.119. The standard InChI is InChI=1S/C28H27ClN6O4/c1-33-15-18-12-20(5-6-23(18)32-33)31-28(37)25(8-11-38-2)35-16-26(39-3)22(14-27(35)36)21-13-19(29)4-7-24(21)34-10-9-30-17-34/h4-7,9-10,12-17,25H,8,11H2,1-3H3,(H,31,37). The number of carbonyl (C=O) groups excluding carboxylic acids is 1.